The summed E-state index contributed by atoms with van der Waals surface area (Å²) in [5.74, 6) is -0.277. The lowest BCUT2D eigenvalue weighted by molar-refractivity contribution is -0.141. The average molecular weight is 239 g/mol. The minimum atomic E-state index is -0.373. The summed E-state index contributed by atoms with van der Waals surface area (Å²) < 4.78 is 6.64. The number of aromatic nitrogens is 2. The van der Waals surface area contributed by atoms with Crippen LogP contribution in [0.25, 0.3) is 0 Å². The molecule has 1 aromatic rings. The molecule has 96 valence electrons. The first-order valence-corrected chi connectivity index (χ1v) is 5.78. The zero-order valence-corrected chi connectivity index (χ0v) is 11.4. The SMILES string of the molecule is COC(=O)C(C)Nc1c(C)nn(C(C)C)c1C. The number of anilines is 1. The zero-order chi connectivity index (χ0) is 13.2. The highest BCUT2D eigenvalue weighted by Gasteiger charge is 2.18. The van der Waals surface area contributed by atoms with Gasteiger partial charge in [0.2, 0.25) is 0 Å². The summed E-state index contributed by atoms with van der Waals surface area (Å²) >= 11 is 0. The first-order valence-electron chi connectivity index (χ1n) is 5.78. The Balaban J connectivity index is 2.95. The molecule has 5 nitrogen and oxygen atoms in total. The number of ether oxygens (including phenoxy) is 1. The Labute approximate surface area is 102 Å². The lowest BCUT2D eigenvalue weighted by Crippen LogP contribution is -2.27. The van der Waals surface area contributed by atoms with E-state index < -0.39 is 0 Å². The van der Waals surface area contributed by atoms with Crippen LogP contribution >= 0.6 is 0 Å². The quantitative estimate of drug-likeness (QED) is 0.817. The van der Waals surface area contributed by atoms with E-state index in [1.165, 1.54) is 7.11 Å². The summed E-state index contributed by atoms with van der Waals surface area (Å²) in [6.45, 7) is 9.85. The monoisotopic (exact) mass is 239 g/mol. The topological polar surface area (TPSA) is 56.1 Å². The Morgan fingerprint density at radius 2 is 1.94 bits per heavy atom. The van der Waals surface area contributed by atoms with Crippen LogP contribution in [0.3, 0.4) is 0 Å². The van der Waals surface area contributed by atoms with Crippen molar-refractivity contribution < 1.29 is 9.53 Å². The molecule has 0 saturated carbocycles. The molecule has 0 aliphatic carbocycles. The molecule has 1 N–H and O–H groups in total. The number of aryl methyl sites for hydroxylation is 1. The minimum absolute atomic E-state index is 0.277. The van der Waals surface area contributed by atoms with Crippen LogP contribution in [0.1, 0.15) is 38.2 Å². The largest absolute Gasteiger partial charge is 0.467 e. The number of hydrogen-bond donors (Lipinski definition) is 1. The Morgan fingerprint density at radius 1 is 1.35 bits per heavy atom. The van der Waals surface area contributed by atoms with Gasteiger partial charge in [0.15, 0.2) is 0 Å². The van der Waals surface area contributed by atoms with Gasteiger partial charge in [0, 0.05) is 6.04 Å². The Kier molecular flexibility index (Phi) is 4.15. The van der Waals surface area contributed by atoms with Gasteiger partial charge in [-0.2, -0.15) is 5.10 Å². The van der Waals surface area contributed by atoms with E-state index in [4.69, 9.17) is 0 Å². The maximum absolute atomic E-state index is 11.4. The maximum Gasteiger partial charge on any atom is 0.327 e. The molecule has 0 aliphatic heterocycles. The molecule has 0 saturated heterocycles. The van der Waals surface area contributed by atoms with Crippen LogP contribution in [0, 0.1) is 13.8 Å². The lowest BCUT2D eigenvalue weighted by atomic mass is 10.2. The van der Waals surface area contributed by atoms with Crippen molar-refractivity contribution in [2.24, 2.45) is 0 Å². The Bertz CT molecular complexity index is 410. The number of esters is 1. The van der Waals surface area contributed by atoms with Gasteiger partial charge in [-0.3, -0.25) is 4.68 Å². The first kappa shape index (κ1) is 13.5. The fraction of sp³-hybridized carbons (Fsp3) is 0.667. The van der Waals surface area contributed by atoms with Gasteiger partial charge in [-0.1, -0.05) is 0 Å². The van der Waals surface area contributed by atoms with Crippen LogP contribution in [0.2, 0.25) is 0 Å². The standard InChI is InChI=1S/C12H21N3O2/c1-7(2)15-10(5)11(8(3)14-15)13-9(4)12(16)17-6/h7,9,13H,1-6H3. The molecule has 0 radical (unpaired) electrons. The van der Waals surface area contributed by atoms with E-state index >= 15 is 0 Å². The maximum atomic E-state index is 11.4. The summed E-state index contributed by atoms with van der Waals surface area (Å²) in [5, 5.41) is 7.60. The van der Waals surface area contributed by atoms with Gasteiger partial charge in [0.25, 0.3) is 0 Å². The third-order valence-electron chi connectivity index (χ3n) is 2.73. The van der Waals surface area contributed by atoms with Crippen molar-refractivity contribution in [1.82, 2.24) is 9.78 Å². The predicted octanol–water partition coefficient (Wildman–Crippen LogP) is 2.05. The van der Waals surface area contributed by atoms with Crippen LogP contribution in [0.5, 0.6) is 0 Å². The number of carbonyl (C=O) groups is 1. The minimum Gasteiger partial charge on any atom is -0.467 e. The molecular formula is C12H21N3O2. The number of methoxy groups -OCH3 is 1. The number of hydrogen-bond acceptors (Lipinski definition) is 4. The van der Waals surface area contributed by atoms with Gasteiger partial charge >= 0.3 is 5.97 Å². The molecule has 1 unspecified atom stereocenters. The van der Waals surface area contributed by atoms with E-state index in [9.17, 15) is 4.79 Å². The van der Waals surface area contributed by atoms with E-state index in [-0.39, 0.29) is 12.0 Å². The van der Waals surface area contributed by atoms with Crippen molar-refractivity contribution in [1.29, 1.82) is 0 Å². The van der Waals surface area contributed by atoms with Crippen molar-refractivity contribution in [2.75, 3.05) is 12.4 Å². The summed E-state index contributed by atoms with van der Waals surface area (Å²) in [7, 11) is 1.39. The summed E-state index contributed by atoms with van der Waals surface area (Å²) in [5.41, 5.74) is 2.84. The molecule has 0 fully saturated rings. The van der Waals surface area contributed by atoms with E-state index in [1.807, 2.05) is 18.5 Å². The van der Waals surface area contributed by atoms with Crippen LogP contribution in [0.15, 0.2) is 0 Å². The van der Waals surface area contributed by atoms with Crippen molar-refractivity contribution in [2.45, 2.75) is 46.7 Å². The molecule has 0 bridgehead atoms. The zero-order valence-electron chi connectivity index (χ0n) is 11.4. The highest BCUT2D eigenvalue weighted by atomic mass is 16.5. The van der Waals surface area contributed by atoms with Crippen molar-refractivity contribution in [3.63, 3.8) is 0 Å². The molecule has 0 aromatic carbocycles. The van der Waals surface area contributed by atoms with Gasteiger partial charge in [-0.15, -0.1) is 0 Å². The normalized spacial score (nSPS) is 12.6. The Morgan fingerprint density at radius 3 is 2.35 bits per heavy atom. The second kappa shape index (κ2) is 5.21. The first-order chi connectivity index (χ1) is 7.88. The molecular weight excluding hydrogens is 218 g/mol. The van der Waals surface area contributed by atoms with Crippen LogP contribution in [-0.2, 0) is 9.53 Å². The second-order valence-electron chi connectivity index (χ2n) is 4.47. The smallest absolute Gasteiger partial charge is 0.327 e. The van der Waals surface area contributed by atoms with Gasteiger partial charge in [0.05, 0.1) is 24.2 Å². The number of carbonyl (C=O) groups excluding carboxylic acids is 1. The number of nitrogens with one attached hydrogen (secondary N) is 1. The lowest BCUT2D eigenvalue weighted by Gasteiger charge is -2.14. The summed E-state index contributed by atoms with van der Waals surface area (Å²) in [6.07, 6.45) is 0. The van der Waals surface area contributed by atoms with E-state index in [2.05, 4.69) is 29.0 Å². The molecule has 1 heterocycles. The second-order valence-corrected chi connectivity index (χ2v) is 4.47. The average Bonchev–Trinajstić information content (AvgIpc) is 2.55. The predicted molar refractivity (Wildman–Crippen MR) is 67.2 cm³/mol. The van der Waals surface area contributed by atoms with Crippen molar-refractivity contribution >= 4 is 11.7 Å². The van der Waals surface area contributed by atoms with Crippen LogP contribution in [-0.4, -0.2) is 28.9 Å². The molecule has 1 rings (SSSR count). The summed E-state index contributed by atoms with van der Waals surface area (Å²) in [4.78, 5) is 11.4. The molecule has 5 heteroatoms. The third-order valence-corrected chi connectivity index (χ3v) is 2.73. The van der Waals surface area contributed by atoms with Crippen molar-refractivity contribution in [3.8, 4) is 0 Å². The highest BCUT2D eigenvalue weighted by molar-refractivity contribution is 5.79. The Hall–Kier alpha value is -1.52. The van der Waals surface area contributed by atoms with E-state index in [1.54, 1.807) is 6.92 Å². The molecule has 1 atom stereocenters. The number of rotatable bonds is 4. The number of nitrogens with zero attached hydrogens (tertiary/aromatic N) is 2. The van der Waals surface area contributed by atoms with Crippen LogP contribution in [0.4, 0.5) is 5.69 Å². The van der Waals surface area contributed by atoms with E-state index in [0.29, 0.717) is 6.04 Å². The molecule has 1 aromatic heterocycles. The highest BCUT2D eigenvalue weighted by Crippen LogP contribution is 2.23. The molecule has 0 aliphatic rings. The van der Waals surface area contributed by atoms with Crippen molar-refractivity contribution in [3.05, 3.63) is 11.4 Å². The molecule has 0 amide bonds. The third kappa shape index (κ3) is 2.78. The van der Waals surface area contributed by atoms with Gasteiger partial charge < -0.3 is 10.1 Å². The summed E-state index contributed by atoms with van der Waals surface area (Å²) in [6, 6.07) is -0.0695. The van der Waals surface area contributed by atoms with Gasteiger partial charge in [-0.05, 0) is 34.6 Å². The molecule has 0 spiro atoms. The van der Waals surface area contributed by atoms with Crippen LogP contribution < -0.4 is 5.32 Å². The van der Waals surface area contributed by atoms with E-state index in [0.717, 1.165) is 17.1 Å². The van der Waals surface area contributed by atoms with Gasteiger partial charge in [0.1, 0.15) is 6.04 Å². The van der Waals surface area contributed by atoms with Gasteiger partial charge in [-0.25, -0.2) is 4.79 Å². The fourth-order valence-corrected chi connectivity index (χ4v) is 1.83. The molecule has 17 heavy (non-hydrogen) atoms. The fourth-order valence-electron chi connectivity index (χ4n) is 1.83.